The van der Waals surface area contributed by atoms with Gasteiger partial charge in [-0.2, -0.15) is 0 Å². The zero-order valence-electron chi connectivity index (χ0n) is 28.7. The van der Waals surface area contributed by atoms with Gasteiger partial charge in [0.05, 0.1) is 51.8 Å². The molecule has 1 aromatic rings. The van der Waals surface area contributed by atoms with Crippen LogP contribution in [0, 0.1) is 0 Å². The van der Waals surface area contributed by atoms with E-state index in [0.29, 0.717) is 51.4 Å². The first-order chi connectivity index (χ1) is 23.7. The van der Waals surface area contributed by atoms with Crippen LogP contribution in [0.15, 0.2) is 24.3 Å². The van der Waals surface area contributed by atoms with Crippen molar-refractivity contribution in [1.82, 2.24) is 16.0 Å². The summed E-state index contributed by atoms with van der Waals surface area (Å²) in [5.41, 5.74) is 0.241. The van der Waals surface area contributed by atoms with Gasteiger partial charge in [-0.15, -0.1) is 0 Å². The molecule has 0 aromatic heterocycles. The SMILES string of the molecule is CCCC(NC(=O)COCCOCCNC(=O)COCCOCCNC(=O)CCCCCCCCCOc1ccc(C(=O)O)cc1)C(=O)O. The van der Waals surface area contributed by atoms with E-state index in [1.807, 2.05) is 6.92 Å². The minimum Gasteiger partial charge on any atom is -0.494 e. The zero-order valence-corrected chi connectivity index (χ0v) is 28.7. The summed E-state index contributed by atoms with van der Waals surface area (Å²) in [7, 11) is 0. The molecule has 0 aliphatic carbocycles. The van der Waals surface area contributed by atoms with Crippen LogP contribution < -0.4 is 20.7 Å². The highest BCUT2D eigenvalue weighted by molar-refractivity contribution is 5.87. The van der Waals surface area contributed by atoms with Crippen LogP contribution in [0.2, 0.25) is 0 Å². The van der Waals surface area contributed by atoms with Crippen molar-refractivity contribution in [3.05, 3.63) is 29.8 Å². The molecule has 0 fully saturated rings. The number of carbonyl (C=O) groups excluding carboxylic acids is 3. The maximum Gasteiger partial charge on any atom is 0.335 e. The monoisotopic (exact) mass is 697 g/mol. The summed E-state index contributed by atoms with van der Waals surface area (Å²) in [6, 6.07) is 5.48. The molecule has 1 unspecified atom stereocenters. The number of aliphatic carboxylic acids is 1. The lowest BCUT2D eigenvalue weighted by molar-refractivity contribution is -0.142. The Bertz CT molecular complexity index is 1070. The fourth-order valence-electron chi connectivity index (χ4n) is 4.37. The van der Waals surface area contributed by atoms with Gasteiger partial charge >= 0.3 is 11.9 Å². The van der Waals surface area contributed by atoms with Crippen molar-refractivity contribution >= 4 is 29.7 Å². The van der Waals surface area contributed by atoms with Gasteiger partial charge in [-0.1, -0.05) is 45.4 Å². The van der Waals surface area contributed by atoms with Gasteiger partial charge in [-0.25, -0.2) is 9.59 Å². The maximum atomic E-state index is 12.0. The second-order valence-corrected chi connectivity index (χ2v) is 11.2. The van der Waals surface area contributed by atoms with Crippen molar-refractivity contribution in [1.29, 1.82) is 0 Å². The van der Waals surface area contributed by atoms with Crippen LogP contribution in [0.5, 0.6) is 5.75 Å². The topological polar surface area (TPSA) is 208 Å². The number of unbranched alkanes of at least 4 members (excludes halogenated alkanes) is 6. The smallest absolute Gasteiger partial charge is 0.335 e. The van der Waals surface area contributed by atoms with Crippen LogP contribution in [-0.4, -0.2) is 118 Å². The second-order valence-electron chi connectivity index (χ2n) is 11.2. The first-order valence-electron chi connectivity index (χ1n) is 17.1. The van der Waals surface area contributed by atoms with Crippen LogP contribution >= 0.6 is 0 Å². The Hall–Kier alpha value is -3.79. The van der Waals surface area contributed by atoms with Crippen LogP contribution in [0.4, 0.5) is 0 Å². The Kier molecular flexibility index (Phi) is 25.7. The van der Waals surface area contributed by atoms with E-state index in [9.17, 15) is 24.0 Å². The summed E-state index contributed by atoms with van der Waals surface area (Å²) >= 11 is 0. The molecule has 0 saturated heterocycles. The number of carboxylic acid groups (broad SMARTS) is 2. The van der Waals surface area contributed by atoms with Gasteiger partial charge in [0.15, 0.2) is 0 Å². The number of carbonyl (C=O) groups is 5. The van der Waals surface area contributed by atoms with Crippen molar-refractivity contribution in [2.75, 3.05) is 72.6 Å². The molecule has 15 nitrogen and oxygen atoms in total. The van der Waals surface area contributed by atoms with Gasteiger partial charge < -0.3 is 49.8 Å². The van der Waals surface area contributed by atoms with Gasteiger partial charge in [0.1, 0.15) is 25.0 Å². The van der Waals surface area contributed by atoms with Crippen LogP contribution in [0.3, 0.4) is 0 Å². The minimum atomic E-state index is -1.08. The first kappa shape index (κ1) is 43.2. The molecule has 0 bridgehead atoms. The second kappa shape index (κ2) is 29.2. The van der Waals surface area contributed by atoms with Crippen LogP contribution in [0.1, 0.15) is 81.5 Å². The Labute approximate surface area is 288 Å². The summed E-state index contributed by atoms with van der Waals surface area (Å²) in [4.78, 5) is 57.4. The molecule has 0 saturated carbocycles. The van der Waals surface area contributed by atoms with Crippen molar-refractivity contribution < 1.29 is 57.9 Å². The van der Waals surface area contributed by atoms with Gasteiger partial charge in [0.2, 0.25) is 17.7 Å². The lowest BCUT2D eigenvalue weighted by atomic mass is 10.1. The van der Waals surface area contributed by atoms with E-state index in [0.717, 1.165) is 44.9 Å². The summed E-state index contributed by atoms with van der Waals surface area (Å²) < 4.78 is 26.8. The van der Waals surface area contributed by atoms with E-state index in [2.05, 4.69) is 16.0 Å². The average molecular weight is 698 g/mol. The van der Waals surface area contributed by atoms with Gasteiger partial charge in [0.25, 0.3) is 0 Å². The quantitative estimate of drug-likeness (QED) is 0.0689. The third-order valence-corrected chi connectivity index (χ3v) is 6.98. The first-order valence-corrected chi connectivity index (χ1v) is 17.1. The zero-order chi connectivity index (χ0) is 36.0. The number of nitrogens with one attached hydrogen (secondary N) is 3. The van der Waals surface area contributed by atoms with Gasteiger partial charge in [-0.3, -0.25) is 14.4 Å². The Morgan fingerprint density at radius 1 is 0.633 bits per heavy atom. The number of carboxylic acids is 2. The molecule has 49 heavy (non-hydrogen) atoms. The van der Waals surface area contributed by atoms with Crippen LogP contribution in [-0.2, 0) is 38.1 Å². The Morgan fingerprint density at radius 2 is 1.16 bits per heavy atom. The third kappa shape index (κ3) is 24.9. The van der Waals surface area contributed by atoms with E-state index in [-0.39, 0.29) is 63.6 Å². The Balaban J connectivity index is 1.82. The van der Waals surface area contributed by atoms with Crippen LogP contribution in [0.25, 0.3) is 0 Å². The summed E-state index contributed by atoms with van der Waals surface area (Å²) in [6.07, 6.45) is 8.61. The minimum absolute atomic E-state index is 0.00226. The number of hydrogen-bond donors (Lipinski definition) is 5. The largest absolute Gasteiger partial charge is 0.494 e. The number of benzene rings is 1. The van der Waals surface area contributed by atoms with E-state index in [4.69, 9.17) is 33.9 Å². The van der Waals surface area contributed by atoms with Crippen molar-refractivity contribution in [3.63, 3.8) is 0 Å². The molecule has 5 N–H and O–H groups in total. The third-order valence-electron chi connectivity index (χ3n) is 6.98. The van der Waals surface area contributed by atoms with E-state index in [1.54, 1.807) is 12.1 Å². The number of amides is 3. The van der Waals surface area contributed by atoms with Crippen molar-refractivity contribution in [3.8, 4) is 5.75 Å². The predicted molar refractivity (Wildman–Crippen MR) is 180 cm³/mol. The summed E-state index contributed by atoms with van der Waals surface area (Å²) in [6.45, 7) is 4.25. The molecule has 278 valence electrons. The standard InChI is InChI=1S/C34H55N3O12/c1-2-10-29(34(43)44)37-32(40)26-48-24-22-46-20-17-36-31(39)25-47-23-21-45-19-16-35-30(38)11-8-6-4-3-5-7-9-18-49-28-14-12-27(13-15-28)33(41)42/h12-15,29H,2-11,16-26H2,1H3,(H,35,38)(H,36,39)(H,37,40)(H,41,42)(H,43,44). The maximum absolute atomic E-state index is 12.0. The molecule has 1 rings (SSSR count). The number of aromatic carboxylic acids is 1. The van der Waals surface area contributed by atoms with E-state index >= 15 is 0 Å². The molecule has 3 amide bonds. The van der Waals surface area contributed by atoms with Crippen molar-refractivity contribution in [2.24, 2.45) is 0 Å². The lowest BCUT2D eigenvalue weighted by Crippen LogP contribution is -2.42. The number of rotatable bonds is 32. The highest BCUT2D eigenvalue weighted by atomic mass is 16.5. The fraction of sp³-hybridized carbons (Fsp3) is 0.676. The number of hydrogen-bond acceptors (Lipinski definition) is 10. The molecule has 0 heterocycles. The predicted octanol–water partition coefficient (Wildman–Crippen LogP) is 2.55. The molecular formula is C34H55N3O12. The molecular weight excluding hydrogens is 642 g/mol. The average Bonchev–Trinajstić information content (AvgIpc) is 3.07. The molecule has 1 aromatic carbocycles. The molecule has 0 radical (unpaired) electrons. The van der Waals surface area contributed by atoms with Crippen molar-refractivity contribution in [2.45, 2.75) is 77.2 Å². The molecule has 15 heteroatoms. The van der Waals surface area contributed by atoms with E-state index < -0.39 is 23.9 Å². The lowest BCUT2D eigenvalue weighted by Gasteiger charge is -2.13. The summed E-state index contributed by atoms with van der Waals surface area (Å²) in [5.74, 6) is -2.15. The normalized spacial score (nSPS) is 11.4. The highest BCUT2D eigenvalue weighted by Crippen LogP contribution is 2.14. The van der Waals surface area contributed by atoms with Gasteiger partial charge in [-0.05, 0) is 43.5 Å². The fourth-order valence-corrected chi connectivity index (χ4v) is 4.37. The number of ether oxygens (including phenoxy) is 5. The van der Waals surface area contributed by atoms with Gasteiger partial charge in [0, 0.05) is 19.5 Å². The molecule has 1 atom stereocenters. The summed E-state index contributed by atoms with van der Waals surface area (Å²) in [5, 5.41) is 25.8. The van der Waals surface area contributed by atoms with E-state index in [1.165, 1.54) is 12.1 Å². The Morgan fingerprint density at radius 3 is 1.73 bits per heavy atom. The molecule has 0 spiro atoms. The highest BCUT2D eigenvalue weighted by Gasteiger charge is 2.18. The molecule has 0 aliphatic rings. The molecule has 0 aliphatic heterocycles.